The average molecular weight is 522 g/mol. The number of nitrogens with one attached hydrogen (secondary N) is 1. The first-order valence-electron chi connectivity index (χ1n) is 11.9. The number of benzene rings is 1. The SMILES string of the molecule is N/C=C\N(N)c1ncc(F)c2c(C(=O)C(=O)N3[C@@H]4CC[C@H]3CN(/C(=N/N)N(N)c3ccccc3)C4)c[nH]c12. The summed E-state index contributed by atoms with van der Waals surface area (Å²) in [5.41, 5.74) is 6.16. The second-order valence-corrected chi connectivity index (χ2v) is 9.10. The number of nitrogens with two attached hydrogens (primary N) is 4. The maximum atomic E-state index is 14.8. The molecule has 4 heterocycles. The third kappa shape index (κ3) is 4.14. The molecule has 3 aromatic rings. The van der Waals surface area contributed by atoms with Crippen LogP contribution in [0.15, 0.2) is 60.2 Å². The normalized spacial score (nSPS) is 19.4. The number of amides is 1. The van der Waals surface area contributed by atoms with Crippen molar-refractivity contribution in [2.24, 2.45) is 28.4 Å². The highest BCUT2D eigenvalue weighted by Gasteiger charge is 2.46. The van der Waals surface area contributed by atoms with Gasteiger partial charge in [0.25, 0.3) is 11.7 Å². The molecule has 14 heteroatoms. The van der Waals surface area contributed by atoms with Gasteiger partial charge in [0, 0.05) is 31.7 Å². The van der Waals surface area contributed by atoms with Gasteiger partial charge in [-0.2, -0.15) is 0 Å². The van der Waals surface area contributed by atoms with Crippen LogP contribution in [0.25, 0.3) is 10.9 Å². The summed E-state index contributed by atoms with van der Waals surface area (Å²) >= 11 is 0. The Morgan fingerprint density at radius 2 is 1.84 bits per heavy atom. The van der Waals surface area contributed by atoms with E-state index in [0.29, 0.717) is 37.6 Å². The van der Waals surface area contributed by atoms with Crippen LogP contribution >= 0.6 is 0 Å². The lowest BCUT2D eigenvalue weighted by Crippen LogP contribution is -2.61. The van der Waals surface area contributed by atoms with Crippen molar-refractivity contribution in [3.8, 4) is 0 Å². The minimum atomic E-state index is -0.826. The molecule has 13 nitrogen and oxygen atoms in total. The van der Waals surface area contributed by atoms with Crippen molar-refractivity contribution < 1.29 is 14.0 Å². The van der Waals surface area contributed by atoms with Crippen LogP contribution in [-0.2, 0) is 4.79 Å². The molecule has 2 saturated heterocycles. The van der Waals surface area contributed by atoms with Crippen molar-refractivity contribution in [2.75, 3.05) is 23.1 Å². The van der Waals surface area contributed by atoms with Gasteiger partial charge in [-0.1, -0.05) is 18.2 Å². The Morgan fingerprint density at radius 1 is 1.16 bits per heavy atom. The number of carbonyl (C=O) groups is 2. The number of likely N-dealkylation sites (tertiary alicyclic amines) is 1. The number of halogens is 1. The molecule has 0 unspecified atom stereocenters. The third-order valence-corrected chi connectivity index (χ3v) is 6.94. The summed E-state index contributed by atoms with van der Waals surface area (Å²) in [5, 5.41) is 6.31. The molecular formula is C24H28FN11O2. The molecule has 0 aliphatic carbocycles. The van der Waals surface area contributed by atoms with Gasteiger partial charge >= 0.3 is 0 Å². The Morgan fingerprint density at radius 3 is 2.47 bits per heavy atom. The minimum absolute atomic E-state index is 0.0700. The van der Waals surface area contributed by atoms with E-state index < -0.39 is 17.5 Å². The van der Waals surface area contributed by atoms with E-state index in [0.717, 1.165) is 11.2 Å². The maximum Gasteiger partial charge on any atom is 0.295 e. The lowest BCUT2D eigenvalue weighted by molar-refractivity contribution is -0.131. The van der Waals surface area contributed by atoms with Gasteiger partial charge in [-0.3, -0.25) is 14.6 Å². The summed E-state index contributed by atoms with van der Waals surface area (Å²) in [5.74, 6) is 16.1. The van der Waals surface area contributed by atoms with Gasteiger partial charge in [-0.15, -0.1) is 5.10 Å². The van der Waals surface area contributed by atoms with Crippen LogP contribution in [0.1, 0.15) is 23.2 Å². The summed E-state index contributed by atoms with van der Waals surface area (Å²) in [4.78, 5) is 37.2. The zero-order chi connectivity index (χ0) is 27.0. The average Bonchev–Trinajstić information content (AvgIpc) is 3.48. The van der Waals surface area contributed by atoms with Crippen LogP contribution in [0.3, 0.4) is 0 Å². The maximum absolute atomic E-state index is 14.8. The van der Waals surface area contributed by atoms with Gasteiger partial charge in [0.1, 0.15) is 0 Å². The number of hydrogen-bond acceptors (Lipinski definition) is 9. The van der Waals surface area contributed by atoms with E-state index in [2.05, 4.69) is 15.1 Å². The van der Waals surface area contributed by atoms with E-state index in [1.54, 1.807) is 4.90 Å². The highest BCUT2D eigenvalue weighted by Crippen LogP contribution is 2.33. The van der Waals surface area contributed by atoms with Crippen LogP contribution in [0, 0.1) is 5.82 Å². The van der Waals surface area contributed by atoms with Crippen molar-refractivity contribution in [1.29, 1.82) is 0 Å². The molecule has 5 rings (SSSR count). The van der Waals surface area contributed by atoms with Gasteiger partial charge < -0.3 is 26.4 Å². The summed E-state index contributed by atoms with van der Waals surface area (Å²) in [6, 6.07) is 8.69. The number of anilines is 2. The Kier molecular flexibility index (Phi) is 6.57. The molecule has 9 N–H and O–H groups in total. The summed E-state index contributed by atoms with van der Waals surface area (Å²) in [6.07, 6.45) is 6.13. The Balaban J connectivity index is 1.38. The quantitative estimate of drug-likeness (QED) is 0.0778. The predicted octanol–water partition coefficient (Wildman–Crippen LogP) is 0.280. The number of fused-ring (bicyclic) bond motifs is 3. The zero-order valence-electron chi connectivity index (χ0n) is 20.4. The number of aromatic nitrogens is 2. The number of para-hydroxylation sites is 1. The molecule has 38 heavy (non-hydrogen) atoms. The molecule has 2 bridgehead atoms. The van der Waals surface area contributed by atoms with E-state index >= 15 is 0 Å². The lowest BCUT2D eigenvalue weighted by Gasteiger charge is -2.43. The molecule has 0 radical (unpaired) electrons. The molecule has 2 aromatic heterocycles. The second-order valence-electron chi connectivity index (χ2n) is 9.10. The number of rotatable bonds is 5. The van der Waals surface area contributed by atoms with Gasteiger partial charge in [0.05, 0.1) is 40.4 Å². The molecule has 2 aliphatic heterocycles. The van der Waals surface area contributed by atoms with Crippen LogP contribution in [0.5, 0.6) is 0 Å². The number of ketones is 1. The Bertz CT molecular complexity index is 1410. The number of aromatic amines is 1. The molecule has 1 aromatic carbocycles. The minimum Gasteiger partial charge on any atom is -0.403 e. The Labute approximate surface area is 217 Å². The zero-order valence-corrected chi connectivity index (χ0v) is 20.4. The topological polar surface area (TPSA) is 192 Å². The van der Waals surface area contributed by atoms with Crippen LogP contribution in [-0.4, -0.2) is 62.6 Å². The number of piperazine rings is 1. The standard InChI is InChI=1S/C24H28FN11O2/c25-18-11-31-22(34(28)9-8-26)20-19(18)17(10-30-20)21(37)23(38)35-15-6-7-16(35)13-33(12-15)24(32-27)36(29)14-4-2-1-3-5-14/h1-5,8-11,15-16,30H,6-7,12-13,26-29H2/b9-8-,32-24-/t15-,16+. The van der Waals surface area contributed by atoms with E-state index in [9.17, 15) is 14.0 Å². The number of hydrogen-bond donors (Lipinski definition) is 5. The van der Waals surface area contributed by atoms with Crippen molar-refractivity contribution in [3.63, 3.8) is 0 Å². The van der Waals surface area contributed by atoms with Crippen molar-refractivity contribution in [3.05, 3.63) is 66.5 Å². The predicted molar refractivity (Wildman–Crippen MR) is 140 cm³/mol. The van der Waals surface area contributed by atoms with Crippen molar-refractivity contribution in [2.45, 2.75) is 24.9 Å². The van der Waals surface area contributed by atoms with E-state index in [4.69, 9.17) is 23.3 Å². The highest BCUT2D eigenvalue weighted by atomic mass is 19.1. The summed E-state index contributed by atoms with van der Waals surface area (Å²) in [7, 11) is 0. The fourth-order valence-electron chi connectivity index (χ4n) is 5.26. The van der Waals surface area contributed by atoms with Gasteiger partial charge in [-0.05, 0) is 25.0 Å². The molecular weight excluding hydrogens is 493 g/mol. The fourth-order valence-corrected chi connectivity index (χ4v) is 5.26. The number of hydrazone groups is 1. The van der Waals surface area contributed by atoms with Gasteiger partial charge in [0.15, 0.2) is 11.6 Å². The van der Waals surface area contributed by atoms with Gasteiger partial charge in [0.2, 0.25) is 5.96 Å². The fraction of sp³-hybridized carbons (Fsp3) is 0.250. The van der Waals surface area contributed by atoms with Crippen molar-refractivity contribution >= 4 is 40.1 Å². The molecule has 2 atom stereocenters. The lowest BCUT2D eigenvalue weighted by atomic mass is 10.1. The van der Waals surface area contributed by atoms with E-state index in [-0.39, 0.29) is 34.4 Å². The monoisotopic (exact) mass is 521 g/mol. The smallest absolute Gasteiger partial charge is 0.295 e. The second kappa shape index (κ2) is 9.99. The number of nitrogens with zero attached hydrogens (tertiary/aromatic N) is 6. The molecule has 1 amide bonds. The first kappa shape index (κ1) is 25.0. The molecule has 0 saturated carbocycles. The number of Topliss-reactive ketones (excluding diaryl/α,β-unsaturated/α-hetero) is 1. The summed E-state index contributed by atoms with van der Waals surface area (Å²) < 4.78 is 14.8. The van der Waals surface area contributed by atoms with Crippen molar-refractivity contribution in [1.82, 2.24) is 19.8 Å². The molecule has 198 valence electrons. The van der Waals surface area contributed by atoms with E-state index in [1.807, 2.05) is 35.2 Å². The Hall–Kier alpha value is -4.69. The molecule has 0 spiro atoms. The number of hydrazine groups is 2. The highest BCUT2D eigenvalue weighted by molar-refractivity contribution is 6.45. The van der Waals surface area contributed by atoms with Crippen LogP contribution in [0.2, 0.25) is 0 Å². The number of pyridine rings is 1. The molecule has 2 fully saturated rings. The van der Waals surface area contributed by atoms with E-state index in [1.165, 1.54) is 23.6 Å². The molecule has 2 aliphatic rings. The largest absolute Gasteiger partial charge is 0.403 e. The first-order valence-corrected chi connectivity index (χ1v) is 11.9. The summed E-state index contributed by atoms with van der Waals surface area (Å²) in [6.45, 7) is 0.770. The number of guanidine groups is 1. The van der Waals surface area contributed by atoms with Crippen LogP contribution in [0.4, 0.5) is 15.9 Å². The van der Waals surface area contributed by atoms with Crippen LogP contribution < -0.4 is 33.3 Å². The van der Waals surface area contributed by atoms with Gasteiger partial charge in [-0.25, -0.2) is 26.1 Å². The first-order chi connectivity index (χ1) is 18.3. The number of carbonyl (C=O) groups excluding carboxylic acids is 2. The number of H-pyrrole nitrogens is 1. The third-order valence-electron chi connectivity index (χ3n) is 6.94.